The molecule has 2 aromatic carbocycles. The Labute approximate surface area is 148 Å². The van der Waals surface area contributed by atoms with Gasteiger partial charge >= 0.3 is 0 Å². The molecule has 0 amide bonds. The number of aromatic nitrogens is 4. The maximum atomic E-state index is 4.53. The minimum absolute atomic E-state index is 0.707. The Kier molecular flexibility index (Phi) is 4.84. The molecular formula is C20H24N5+. The van der Waals surface area contributed by atoms with Crippen LogP contribution < -0.4 is 4.90 Å². The predicted molar refractivity (Wildman–Crippen MR) is 96.8 cm³/mol. The first kappa shape index (κ1) is 16.0. The second-order valence-corrected chi connectivity index (χ2v) is 6.89. The highest BCUT2D eigenvalue weighted by Crippen LogP contribution is 2.16. The van der Waals surface area contributed by atoms with Crippen LogP contribution in [-0.4, -0.2) is 33.3 Å². The minimum Gasteiger partial charge on any atom is -0.315 e. The van der Waals surface area contributed by atoms with Crippen LogP contribution in [0.15, 0.2) is 60.7 Å². The molecule has 2 heterocycles. The van der Waals surface area contributed by atoms with Gasteiger partial charge in [0.15, 0.2) is 6.67 Å². The second-order valence-electron chi connectivity index (χ2n) is 6.89. The van der Waals surface area contributed by atoms with Gasteiger partial charge in [-0.15, -0.1) is 15.0 Å². The average Bonchev–Trinajstić information content (AvgIpc) is 3.14. The van der Waals surface area contributed by atoms with E-state index in [2.05, 4.69) is 45.7 Å². The lowest BCUT2D eigenvalue weighted by atomic mass is 9.90. The number of benzene rings is 2. The van der Waals surface area contributed by atoms with Crippen LogP contribution in [0.1, 0.15) is 18.4 Å². The van der Waals surface area contributed by atoms with Crippen LogP contribution in [0, 0.1) is 5.92 Å². The zero-order chi connectivity index (χ0) is 16.9. The van der Waals surface area contributed by atoms with Crippen molar-refractivity contribution in [2.45, 2.75) is 25.9 Å². The summed E-state index contributed by atoms with van der Waals surface area (Å²) in [6.45, 7) is 3.16. The van der Waals surface area contributed by atoms with Crippen molar-refractivity contribution in [1.82, 2.24) is 20.2 Å². The number of rotatable bonds is 5. The lowest BCUT2D eigenvalue weighted by Gasteiger charge is -2.28. The molecular weight excluding hydrogens is 310 g/mol. The van der Waals surface area contributed by atoms with Gasteiger partial charge < -0.3 is 4.90 Å². The summed E-state index contributed by atoms with van der Waals surface area (Å²) in [5, 5.41) is 13.0. The van der Waals surface area contributed by atoms with E-state index >= 15 is 0 Å². The molecule has 1 saturated heterocycles. The maximum Gasteiger partial charge on any atom is 0.205 e. The molecule has 0 spiro atoms. The molecule has 3 aromatic rings. The second kappa shape index (κ2) is 7.57. The molecule has 1 aliphatic rings. The molecule has 5 heteroatoms. The zero-order valence-electron chi connectivity index (χ0n) is 14.4. The smallest absolute Gasteiger partial charge is 0.205 e. The Morgan fingerprint density at radius 1 is 0.920 bits per heavy atom. The average molecular weight is 334 g/mol. The lowest BCUT2D eigenvalue weighted by Crippen LogP contribution is -3.12. The molecule has 0 saturated carbocycles. The number of tetrazole rings is 1. The van der Waals surface area contributed by atoms with Crippen molar-refractivity contribution in [3.05, 3.63) is 66.2 Å². The van der Waals surface area contributed by atoms with E-state index in [1.54, 1.807) is 9.70 Å². The minimum atomic E-state index is 0.707. The van der Waals surface area contributed by atoms with Crippen molar-refractivity contribution >= 4 is 0 Å². The molecule has 0 atom stereocenters. The van der Waals surface area contributed by atoms with Crippen molar-refractivity contribution in [2.75, 3.05) is 13.1 Å². The first-order valence-corrected chi connectivity index (χ1v) is 9.07. The number of nitrogens with one attached hydrogen (secondary N) is 1. The molecule has 1 aromatic heterocycles. The summed E-state index contributed by atoms with van der Waals surface area (Å²) in [6.07, 6.45) is 3.74. The van der Waals surface area contributed by atoms with E-state index in [-0.39, 0.29) is 0 Å². The third-order valence-corrected chi connectivity index (χ3v) is 5.03. The molecule has 5 nitrogen and oxygen atoms in total. The van der Waals surface area contributed by atoms with E-state index in [0.29, 0.717) is 5.82 Å². The molecule has 1 N–H and O–H groups in total. The fraction of sp³-hybridized carbons (Fsp3) is 0.350. The van der Waals surface area contributed by atoms with Gasteiger partial charge in [-0.2, -0.15) is 0 Å². The van der Waals surface area contributed by atoms with Crippen LogP contribution in [0.25, 0.3) is 11.4 Å². The number of piperidine rings is 1. The molecule has 0 aliphatic carbocycles. The summed E-state index contributed by atoms with van der Waals surface area (Å²) in [5.41, 5.74) is 2.48. The predicted octanol–water partition coefficient (Wildman–Crippen LogP) is 1.84. The fourth-order valence-electron chi connectivity index (χ4n) is 3.61. The van der Waals surface area contributed by atoms with Gasteiger partial charge in [0.05, 0.1) is 13.1 Å². The Morgan fingerprint density at radius 3 is 2.32 bits per heavy atom. The third-order valence-electron chi connectivity index (χ3n) is 5.03. The summed E-state index contributed by atoms with van der Waals surface area (Å²) < 4.78 is 0. The third kappa shape index (κ3) is 4.12. The first-order chi connectivity index (χ1) is 12.4. The Hall–Kier alpha value is -2.53. The maximum absolute atomic E-state index is 4.53. The molecule has 128 valence electrons. The molecule has 4 rings (SSSR count). The number of nitrogens with zero attached hydrogens (tertiary/aromatic N) is 4. The van der Waals surface area contributed by atoms with Crippen molar-refractivity contribution < 1.29 is 4.90 Å². The van der Waals surface area contributed by atoms with Gasteiger partial charge in [-0.25, -0.2) is 0 Å². The summed E-state index contributed by atoms with van der Waals surface area (Å²) in [5.74, 6) is 1.51. The number of likely N-dealkylation sites (tertiary alicyclic amines) is 1. The van der Waals surface area contributed by atoms with Gasteiger partial charge in [-0.1, -0.05) is 60.7 Å². The highest BCUT2D eigenvalue weighted by Gasteiger charge is 2.23. The van der Waals surface area contributed by atoms with Gasteiger partial charge in [-0.05, 0) is 36.0 Å². The van der Waals surface area contributed by atoms with Gasteiger partial charge in [0, 0.05) is 5.56 Å². The Morgan fingerprint density at radius 2 is 1.60 bits per heavy atom. The zero-order valence-corrected chi connectivity index (χ0v) is 14.4. The van der Waals surface area contributed by atoms with Gasteiger partial charge in [0.25, 0.3) is 0 Å². The van der Waals surface area contributed by atoms with E-state index in [4.69, 9.17) is 0 Å². The topological polar surface area (TPSA) is 48.0 Å². The van der Waals surface area contributed by atoms with Crippen LogP contribution >= 0.6 is 0 Å². The van der Waals surface area contributed by atoms with Crippen LogP contribution in [-0.2, 0) is 13.1 Å². The molecule has 0 unspecified atom stereocenters. The molecule has 1 aliphatic heterocycles. The fourth-order valence-corrected chi connectivity index (χ4v) is 3.61. The SMILES string of the molecule is c1ccc(CC2CC[NH+](Cn3nnc(-c4ccccc4)n3)CC2)cc1. The summed E-state index contributed by atoms with van der Waals surface area (Å²) in [4.78, 5) is 3.29. The summed E-state index contributed by atoms with van der Waals surface area (Å²) >= 11 is 0. The summed E-state index contributed by atoms with van der Waals surface area (Å²) in [6, 6.07) is 20.9. The van der Waals surface area contributed by atoms with Crippen molar-refractivity contribution in [2.24, 2.45) is 5.92 Å². The highest BCUT2D eigenvalue weighted by atomic mass is 15.6. The van der Waals surface area contributed by atoms with Crippen LogP contribution in [0.3, 0.4) is 0 Å². The van der Waals surface area contributed by atoms with E-state index in [9.17, 15) is 0 Å². The largest absolute Gasteiger partial charge is 0.315 e. The van der Waals surface area contributed by atoms with Gasteiger partial charge in [0.1, 0.15) is 0 Å². The molecule has 1 fully saturated rings. The van der Waals surface area contributed by atoms with Crippen molar-refractivity contribution in [3.63, 3.8) is 0 Å². The highest BCUT2D eigenvalue weighted by molar-refractivity contribution is 5.52. The first-order valence-electron chi connectivity index (χ1n) is 9.07. The van der Waals surface area contributed by atoms with Crippen LogP contribution in [0.2, 0.25) is 0 Å². The van der Waals surface area contributed by atoms with E-state index in [1.165, 1.54) is 37.9 Å². The normalized spacial score (nSPS) is 20.5. The lowest BCUT2D eigenvalue weighted by molar-refractivity contribution is -0.930. The van der Waals surface area contributed by atoms with E-state index in [1.807, 2.05) is 30.3 Å². The standard InChI is InChI=1S/C20H23N5/c1-3-7-17(8-4-1)15-18-11-13-24(14-12-18)16-25-22-20(21-23-25)19-9-5-2-6-10-19/h1-10,18H,11-16H2/p+1. The van der Waals surface area contributed by atoms with Crippen molar-refractivity contribution in [3.8, 4) is 11.4 Å². The number of hydrogen-bond acceptors (Lipinski definition) is 3. The summed E-state index contributed by atoms with van der Waals surface area (Å²) in [7, 11) is 0. The van der Waals surface area contributed by atoms with Gasteiger partial charge in [-0.3, -0.25) is 0 Å². The van der Waals surface area contributed by atoms with Crippen molar-refractivity contribution in [1.29, 1.82) is 0 Å². The quantitative estimate of drug-likeness (QED) is 0.774. The number of hydrogen-bond donors (Lipinski definition) is 1. The van der Waals surface area contributed by atoms with E-state index < -0.39 is 0 Å². The molecule has 0 bridgehead atoms. The van der Waals surface area contributed by atoms with Crippen LogP contribution in [0.5, 0.6) is 0 Å². The Bertz CT molecular complexity index is 776. The van der Waals surface area contributed by atoms with E-state index in [0.717, 1.165) is 18.2 Å². The monoisotopic (exact) mass is 334 g/mol. The van der Waals surface area contributed by atoms with Gasteiger partial charge in [0.2, 0.25) is 5.82 Å². The molecule has 25 heavy (non-hydrogen) atoms. The number of quaternary nitrogens is 1. The van der Waals surface area contributed by atoms with Crippen LogP contribution in [0.4, 0.5) is 0 Å². The Balaban J connectivity index is 1.30. The molecule has 0 radical (unpaired) electrons.